The number of ether oxygens (including phenoxy) is 1. The smallest absolute Gasteiger partial charge is 0.210 e. The molecular formula is C36H32N2O6S. The Balaban J connectivity index is 1.40. The number of anilines is 1. The third-order valence-corrected chi connectivity index (χ3v) is 11.4. The summed E-state index contributed by atoms with van der Waals surface area (Å²) in [4.78, 5) is 27.2. The van der Waals surface area contributed by atoms with Crippen LogP contribution in [0.2, 0.25) is 0 Å². The van der Waals surface area contributed by atoms with Crippen molar-refractivity contribution in [3.05, 3.63) is 92.0 Å². The molecule has 0 fully saturated rings. The molecule has 3 aromatic carbocycles. The van der Waals surface area contributed by atoms with Crippen LogP contribution in [0.1, 0.15) is 70.5 Å². The number of rotatable bonds is 3. The number of benzene rings is 3. The number of ketones is 2. The van der Waals surface area contributed by atoms with Gasteiger partial charge in [0.15, 0.2) is 11.6 Å². The molecule has 0 radical (unpaired) electrons. The molecule has 0 amide bonds. The normalized spacial score (nSPS) is 20.1. The predicted molar refractivity (Wildman–Crippen MR) is 167 cm³/mol. The van der Waals surface area contributed by atoms with E-state index in [9.17, 15) is 22.6 Å². The SMILES string of the molecule is O=C1C=CC(=O)C1c1ccc(C2=c3cc4c5c(c3Oc3c2cc2c6c3CCCN6CCC2)CCC[N+]=5CCC4)c(S(=O)(=O)[O-])c1. The molecule has 9 rings (SSSR count). The van der Waals surface area contributed by atoms with Gasteiger partial charge in [-0.25, -0.2) is 13.0 Å². The Kier molecular flexibility index (Phi) is 5.88. The lowest BCUT2D eigenvalue weighted by molar-refractivity contribution is -0.122. The van der Waals surface area contributed by atoms with Gasteiger partial charge in [-0.3, -0.25) is 9.59 Å². The van der Waals surface area contributed by atoms with Gasteiger partial charge in [0.05, 0.1) is 10.5 Å². The number of carbonyl (C=O) groups is 2. The molecule has 6 aliphatic rings. The Bertz CT molecular complexity index is 2160. The van der Waals surface area contributed by atoms with Gasteiger partial charge in [0, 0.05) is 64.7 Å². The first-order valence-corrected chi connectivity index (χ1v) is 17.5. The first kappa shape index (κ1) is 27.2. The second-order valence-corrected chi connectivity index (χ2v) is 14.5. The molecule has 5 heterocycles. The average molecular weight is 621 g/mol. The van der Waals surface area contributed by atoms with Crippen LogP contribution in [-0.2, 0) is 45.4 Å². The number of fused-ring (bicyclic) bond motifs is 4. The highest BCUT2D eigenvalue weighted by Crippen LogP contribution is 2.49. The molecule has 9 heteroatoms. The fraction of sp³-hybridized carbons (Fsp3) is 0.361. The third-order valence-electron chi connectivity index (χ3n) is 10.5. The zero-order chi connectivity index (χ0) is 30.6. The Morgan fingerprint density at radius 1 is 0.800 bits per heavy atom. The van der Waals surface area contributed by atoms with E-state index >= 15 is 0 Å². The lowest BCUT2D eigenvalue weighted by Gasteiger charge is -2.39. The maximum Gasteiger partial charge on any atom is 0.210 e. The van der Waals surface area contributed by atoms with Crippen molar-refractivity contribution in [1.82, 2.24) is 4.58 Å². The fourth-order valence-electron chi connectivity index (χ4n) is 8.76. The molecule has 0 saturated carbocycles. The number of carbonyl (C=O) groups excluding carboxylic acids is 2. The van der Waals surface area contributed by atoms with Crippen LogP contribution in [0.25, 0.3) is 5.57 Å². The van der Waals surface area contributed by atoms with E-state index in [1.54, 1.807) is 12.1 Å². The van der Waals surface area contributed by atoms with Gasteiger partial charge in [0.1, 0.15) is 40.6 Å². The molecule has 0 saturated heterocycles. The molecule has 0 bridgehead atoms. The summed E-state index contributed by atoms with van der Waals surface area (Å²) in [7, 11) is -5.01. The van der Waals surface area contributed by atoms with Crippen LogP contribution in [0.15, 0.2) is 47.4 Å². The first-order chi connectivity index (χ1) is 21.8. The molecule has 0 aromatic heterocycles. The standard InChI is InChI=1S/C36H32N2O6S/c39-28-11-12-29(40)31(28)20-9-10-23(30(19-20)45(41,42)43)32-26-17-21-5-1-13-37-15-3-7-24(33(21)37)35(26)44-36-25-8-4-16-38-14-2-6-22(34(25)38)18-27(32)36/h9-12,17-19,31H,1-8,13-16H2. The van der Waals surface area contributed by atoms with Crippen LogP contribution in [0.4, 0.5) is 5.69 Å². The van der Waals surface area contributed by atoms with Crippen molar-refractivity contribution in [3.8, 4) is 11.5 Å². The van der Waals surface area contributed by atoms with E-state index in [0.717, 1.165) is 111 Å². The van der Waals surface area contributed by atoms with E-state index in [2.05, 4.69) is 21.6 Å². The summed E-state index contributed by atoms with van der Waals surface area (Å²) < 4.78 is 48.7. The first-order valence-electron chi connectivity index (χ1n) is 16.1. The minimum absolute atomic E-state index is 0.216. The van der Waals surface area contributed by atoms with E-state index in [1.165, 1.54) is 40.4 Å². The Morgan fingerprint density at radius 3 is 2.29 bits per heavy atom. The van der Waals surface area contributed by atoms with E-state index in [1.807, 2.05) is 0 Å². The molecule has 8 nitrogen and oxygen atoms in total. The van der Waals surface area contributed by atoms with Crippen molar-refractivity contribution < 1.29 is 27.3 Å². The largest absolute Gasteiger partial charge is 0.744 e. The van der Waals surface area contributed by atoms with Crippen LogP contribution in [0.5, 0.6) is 11.5 Å². The molecule has 45 heavy (non-hydrogen) atoms. The zero-order valence-electron chi connectivity index (χ0n) is 24.9. The number of hydrogen-bond donors (Lipinski definition) is 0. The molecule has 0 N–H and O–H groups in total. The summed E-state index contributed by atoms with van der Waals surface area (Å²) >= 11 is 0. The highest BCUT2D eigenvalue weighted by atomic mass is 32.2. The highest BCUT2D eigenvalue weighted by molar-refractivity contribution is 7.85. The molecule has 0 atom stereocenters. The number of aryl methyl sites for hydroxylation is 2. The molecule has 3 aromatic rings. The monoisotopic (exact) mass is 620 g/mol. The fourth-order valence-corrected chi connectivity index (χ4v) is 9.48. The van der Waals surface area contributed by atoms with E-state index in [-0.39, 0.29) is 11.1 Å². The van der Waals surface area contributed by atoms with Gasteiger partial charge in [-0.05, 0) is 80.0 Å². The van der Waals surface area contributed by atoms with Crippen LogP contribution < -0.4 is 24.8 Å². The highest BCUT2D eigenvalue weighted by Gasteiger charge is 2.37. The topological polar surface area (TPSA) is 107 Å². The molecular weight excluding hydrogens is 588 g/mol. The number of allylic oxidation sites excluding steroid dienone is 2. The van der Waals surface area contributed by atoms with Gasteiger partial charge < -0.3 is 14.2 Å². The quantitative estimate of drug-likeness (QED) is 0.197. The zero-order valence-corrected chi connectivity index (χ0v) is 25.7. The summed E-state index contributed by atoms with van der Waals surface area (Å²) in [6, 6.07) is 8.82. The summed E-state index contributed by atoms with van der Waals surface area (Å²) in [5.74, 6) is -0.445. The van der Waals surface area contributed by atoms with Gasteiger partial charge in [0.25, 0.3) is 0 Å². The van der Waals surface area contributed by atoms with Gasteiger partial charge in [0.2, 0.25) is 5.36 Å². The Labute approximate surface area is 261 Å². The Morgan fingerprint density at radius 2 is 1.51 bits per heavy atom. The number of nitrogens with zero attached hydrogens (tertiary/aromatic N) is 2. The summed E-state index contributed by atoms with van der Waals surface area (Å²) in [5.41, 5.74) is 8.00. The van der Waals surface area contributed by atoms with Gasteiger partial charge in [-0.1, -0.05) is 12.1 Å². The van der Waals surface area contributed by atoms with E-state index in [0.29, 0.717) is 5.57 Å². The van der Waals surface area contributed by atoms with Crippen LogP contribution in [0, 0.1) is 0 Å². The minimum Gasteiger partial charge on any atom is -0.744 e. The molecule has 5 aliphatic heterocycles. The van der Waals surface area contributed by atoms with Gasteiger partial charge in [-0.15, -0.1) is 0 Å². The van der Waals surface area contributed by atoms with Crippen LogP contribution in [0.3, 0.4) is 0 Å². The summed E-state index contributed by atoms with van der Waals surface area (Å²) in [6.45, 7) is 4.03. The van der Waals surface area contributed by atoms with Gasteiger partial charge >= 0.3 is 0 Å². The van der Waals surface area contributed by atoms with Crippen molar-refractivity contribution in [2.24, 2.45) is 0 Å². The van der Waals surface area contributed by atoms with Crippen molar-refractivity contribution in [2.45, 2.75) is 62.2 Å². The number of hydrogen-bond acceptors (Lipinski definition) is 7. The van der Waals surface area contributed by atoms with Crippen LogP contribution >= 0.6 is 0 Å². The predicted octanol–water partition coefficient (Wildman–Crippen LogP) is 2.82. The lowest BCUT2D eigenvalue weighted by atomic mass is 9.82. The van der Waals surface area contributed by atoms with E-state index in [4.69, 9.17) is 4.74 Å². The van der Waals surface area contributed by atoms with Crippen molar-refractivity contribution in [1.29, 1.82) is 0 Å². The average Bonchev–Trinajstić information content (AvgIpc) is 3.37. The molecule has 0 spiro atoms. The lowest BCUT2D eigenvalue weighted by Crippen LogP contribution is -2.45. The minimum atomic E-state index is -5.01. The van der Waals surface area contributed by atoms with Crippen molar-refractivity contribution in [3.63, 3.8) is 0 Å². The van der Waals surface area contributed by atoms with E-state index < -0.39 is 32.5 Å². The third kappa shape index (κ3) is 3.99. The van der Waals surface area contributed by atoms with Crippen LogP contribution in [-0.4, -0.2) is 50.7 Å². The summed E-state index contributed by atoms with van der Waals surface area (Å²) in [5, 5.41) is 2.06. The maximum absolute atomic E-state index is 13.1. The second kappa shape index (κ2) is 9.71. The second-order valence-electron chi connectivity index (χ2n) is 13.1. The molecule has 1 aliphatic carbocycles. The van der Waals surface area contributed by atoms with Crippen molar-refractivity contribution in [2.75, 3.05) is 31.1 Å². The Hall–Kier alpha value is -4.08. The summed E-state index contributed by atoms with van der Waals surface area (Å²) in [6.07, 6.45) is 10.1. The maximum atomic E-state index is 13.1. The van der Waals surface area contributed by atoms with Gasteiger partial charge in [-0.2, -0.15) is 0 Å². The van der Waals surface area contributed by atoms with Crippen molar-refractivity contribution >= 4 is 32.9 Å². The molecule has 0 unspecified atom stereocenters. The molecule has 228 valence electrons.